The lowest BCUT2D eigenvalue weighted by Gasteiger charge is -2.36. The molecule has 28 heavy (non-hydrogen) atoms. The summed E-state index contributed by atoms with van der Waals surface area (Å²) >= 11 is 7.05. The topological polar surface area (TPSA) is 69.7 Å². The van der Waals surface area contributed by atoms with Crippen molar-refractivity contribution in [2.45, 2.75) is 31.5 Å². The first-order chi connectivity index (χ1) is 12.8. The van der Waals surface area contributed by atoms with Crippen molar-refractivity contribution in [2.75, 3.05) is 20.0 Å². The van der Waals surface area contributed by atoms with E-state index in [0.717, 1.165) is 21.5 Å². The minimum absolute atomic E-state index is 0.00223. The normalized spacial score (nSPS) is 20.6. The van der Waals surface area contributed by atoms with Gasteiger partial charge >= 0.3 is 0 Å². The highest BCUT2D eigenvalue weighted by Gasteiger charge is 2.40. The van der Waals surface area contributed by atoms with E-state index in [1.165, 1.54) is 0 Å². The van der Waals surface area contributed by atoms with E-state index < -0.39 is 23.6 Å². The molecule has 0 fully saturated rings. The largest absolute Gasteiger partial charge is 0.497 e. The fourth-order valence-electron chi connectivity index (χ4n) is 3.14. The number of hydrogen-bond donors (Lipinski definition) is 0. The molecule has 1 atom stereocenters. The number of rotatable bonds is 7. The van der Waals surface area contributed by atoms with Crippen LogP contribution in [0, 0.1) is 0 Å². The molecule has 0 amide bonds. The summed E-state index contributed by atoms with van der Waals surface area (Å²) in [6.07, 6.45) is 5.23. The summed E-state index contributed by atoms with van der Waals surface area (Å²) in [6, 6.07) is 5.63. The molecule has 0 bridgehead atoms. The summed E-state index contributed by atoms with van der Waals surface area (Å²) in [4.78, 5) is 12.8. The van der Waals surface area contributed by atoms with E-state index in [1.54, 1.807) is 7.11 Å². The predicted octanol–water partition coefficient (Wildman–Crippen LogP) is 4.73. The molecule has 9 heteroatoms. The lowest BCUT2D eigenvalue weighted by atomic mass is 9.75. The lowest BCUT2D eigenvalue weighted by Crippen LogP contribution is -2.37. The highest BCUT2D eigenvalue weighted by molar-refractivity contribution is 9.12. The monoisotopic (exact) mass is 550 g/mol. The minimum atomic E-state index is -3.56. The quantitative estimate of drug-likeness (QED) is 0.362. The van der Waals surface area contributed by atoms with E-state index in [0.29, 0.717) is 16.7 Å². The molecule has 1 unspecified atom stereocenters. The van der Waals surface area contributed by atoms with Crippen LogP contribution in [0.25, 0.3) is 0 Å². The van der Waals surface area contributed by atoms with Crippen molar-refractivity contribution < 1.29 is 22.1 Å². The van der Waals surface area contributed by atoms with Crippen LogP contribution in [-0.4, -0.2) is 42.2 Å². The van der Waals surface area contributed by atoms with Crippen LogP contribution >= 0.6 is 31.9 Å². The summed E-state index contributed by atoms with van der Waals surface area (Å²) in [5.41, 5.74) is 0.212. The first kappa shape index (κ1) is 23.5. The Kier molecular flexibility index (Phi) is 7.19. The lowest BCUT2D eigenvalue weighted by molar-refractivity contribution is -0.111. The Morgan fingerprint density at radius 1 is 1.14 bits per heavy atom. The second kappa shape index (κ2) is 8.55. The van der Waals surface area contributed by atoms with Crippen LogP contribution in [0.1, 0.15) is 12.0 Å². The van der Waals surface area contributed by atoms with Crippen LogP contribution in [0.15, 0.2) is 44.5 Å². The summed E-state index contributed by atoms with van der Waals surface area (Å²) in [7, 11) is -3.92. The minimum Gasteiger partial charge on any atom is -0.497 e. The van der Waals surface area contributed by atoms with E-state index in [9.17, 15) is 13.2 Å². The SMILES string of the molecule is COc1ccc(C2(CCOS(C)(=O)=O)C=C(Br)C(=O)C([Si](C)(C)C)=C2)c(Br)c1. The van der Waals surface area contributed by atoms with Gasteiger partial charge in [0.05, 0.1) is 32.5 Å². The van der Waals surface area contributed by atoms with Crippen molar-refractivity contribution in [3.8, 4) is 5.75 Å². The van der Waals surface area contributed by atoms with Crippen LogP contribution in [-0.2, 0) is 24.5 Å². The van der Waals surface area contributed by atoms with Crippen molar-refractivity contribution in [3.05, 3.63) is 50.1 Å². The van der Waals surface area contributed by atoms with Gasteiger partial charge in [-0.15, -0.1) is 0 Å². The maximum Gasteiger partial charge on any atom is 0.264 e. The molecule has 0 saturated heterocycles. The molecule has 0 radical (unpaired) electrons. The number of allylic oxidation sites excluding steroid dienone is 4. The molecule has 0 heterocycles. The average molecular weight is 552 g/mol. The Hall–Kier alpha value is -0.743. The molecule has 2 rings (SSSR count). The van der Waals surface area contributed by atoms with Crippen LogP contribution in [0.3, 0.4) is 0 Å². The molecular weight excluding hydrogens is 528 g/mol. The number of hydrogen-bond acceptors (Lipinski definition) is 5. The number of carbonyl (C=O) groups is 1. The number of halogens is 2. The van der Waals surface area contributed by atoms with Crippen molar-refractivity contribution in [2.24, 2.45) is 0 Å². The molecule has 0 saturated carbocycles. The number of carbonyl (C=O) groups excluding carboxylic acids is 1. The van der Waals surface area contributed by atoms with Gasteiger partial charge in [-0.2, -0.15) is 8.42 Å². The highest BCUT2D eigenvalue weighted by atomic mass is 79.9. The third-order valence-electron chi connectivity index (χ3n) is 4.55. The Morgan fingerprint density at radius 2 is 1.79 bits per heavy atom. The fourth-order valence-corrected chi connectivity index (χ4v) is 6.56. The summed E-state index contributed by atoms with van der Waals surface area (Å²) in [6.45, 7) is 6.34. The molecule has 0 N–H and O–H groups in total. The zero-order chi connectivity index (χ0) is 21.3. The molecule has 1 aromatic carbocycles. The average Bonchev–Trinajstić information content (AvgIpc) is 2.55. The standard InChI is InChI=1S/C19H24Br2O5SSi/c1-25-13-6-7-14(15(20)10-13)19(8-9-26-27(2,23)24)11-16(21)18(22)17(12-19)28(3,4)5/h6-7,10-12H,8-9H2,1-5H3. The molecule has 1 aromatic rings. The van der Waals surface area contributed by atoms with Gasteiger partial charge in [0.1, 0.15) is 5.75 Å². The van der Waals surface area contributed by atoms with Crippen LogP contribution in [0.4, 0.5) is 0 Å². The van der Waals surface area contributed by atoms with Crippen LogP contribution < -0.4 is 4.74 Å². The molecule has 5 nitrogen and oxygen atoms in total. The Labute approximate surface area is 184 Å². The maximum atomic E-state index is 12.8. The number of methoxy groups -OCH3 is 1. The summed E-state index contributed by atoms with van der Waals surface area (Å²) in [5, 5.41) is 0.795. The zero-order valence-electron chi connectivity index (χ0n) is 16.5. The number of ether oxygens (including phenoxy) is 1. The zero-order valence-corrected chi connectivity index (χ0v) is 21.5. The molecule has 0 spiro atoms. The van der Waals surface area contributed by atoms with E-state index in [4.69, 9.17) is 8.92 Å². The maximum absolute atomic E-state index is 12.8. The number of ketones is 1. The van der Waals surface area contributed by atoms with Gasteiger partial charge in [-0.1, -0.05) is 53.8 Å². The Bertz CT molecular complexity index is 948. The van der Waals surface area contributed by atoms with Gasteiger partial charge in [-0.3, -0.25) is 8.98 Å². The second-order valence-corrected chi connectivity index (χ2v) is 16.2. The predicted molar refractivity (Wildman–Crippen MR) is 121 cm³/mol. The van der Waals surface area contributed by atoms with Gasteiger partial charge in [0.15, 0.2) is 5.78 Å². The fraction of sp³-hybridized carbons (Fsp3) is 0.421. The van der Waals surface area contributed by atoms with Gasteiger partial charge in [0, 0.05) is 9.89 Å². The van der Waals surface area contributed by atoms with Crippen LogP contribution in [0.2, 0.25) is 19.6 Å². The van der Waals surface area contributed by atoms with Gasteiger partial charge in [-0.25, -0.2) is 0 Å². The number of Topliss-reactive ketones (excluding diaryl/α,β-unsaturated/α-hetero) is 1. The van der Waals surface area contributed by atoms with Gasteiger partial charge in [0.2, 0.25) is 0 Å². The first-order valence-electron chi connectivity index (χ1n) is 8.64. The van der Waals surface area contributed by atoms with Crippen molar-refractivity contribution in [3.63, 3.8) is 0 Å². The van der Waals surface area contributed by atoms with E-state index in [-0.39, 0.29) is 12.4 Å². The smallest absolute Gasteiger partial charge is 0.264 e. The molecule has 1 aliphatic rings. The number of benzene rings is 1. The van der Waals surface area contributed by atoms with Crippen LogP contribution in [0.5, 0.6) is 5.75 Å². The molecular formula is C19H24Br2O5SSi. The van der Waals surface area contributed by atoms with Crippen molar-refractivity contribution in [1.29, 1.82) is 0 Å². The summed E-state index contributed by atoms with van der Waals surface area (Å²) < 4.78 is 34.5. The third kappa shape index (κ3) is 5.44. The second-order valence-electron chi connectivity index (χ2n) is 7.79. The van der Waals surface area contributed by atoms with E-state index in [2.05, 4.69) is 51.5 Å². The highest BCUT2D eigenvalue weighted by Crippen LogP contribution is 2.44. The van der Waals surface area contributed by atoms with Gasteiger partial charge < -0.3 is 4.74 Å². The molecule has 0 aromatic heterocycles. The Morgan fingerprint density at radius 3 is 2.29 bits per heavy atom. The van der Waals surface area contributed by atoms with E-state index in [1.807, 2.05) is 30.4 Å². The first-order valence-corrected chi connectivity index (χ1v) is 15.5. The molecule has 0 aliphatic heterocycles. The van der Waals surface area contributed by atoms with Crippen molar-refractivity contribution >= 4 is 55.8 Å². The van der Waals surface area contributed by atoms with Gasteiger partial charge in [-0.05, 0) is 45.2 Å². The van der Waals surface area contributed by atoms with E-state index >= 15 is 0 Å². The summed E-state index contributed by atoms with van der Waals surface area (Å²) in [5.74, 6) is 0.686. The Balaban J connectivity index is 2.65. The third-order valence-corrected chi connectivity index (χ3v) is 8.37. The van der Waals surface area contributed by atoms with Gasteiger partial charge in [0.25, 0.3) is 10.1 Å². The molecule has 154 valence electrons. The molecule has 1 aliphatic carbocycles. The van der Waals surface area contributed by atoms with Crippen molar-refractivity contribution in [1.82, 2.24) is 0 Å².